The van der Waals surface area contributed by atoms with Crippen LogP contribution in [-0.2, 0) is 4.79 Å². The minimum atomic E-state index is -4.65. The van der Waals surface area contributed by atoms with Gasteiger partial charge < -0.3 is 10.4 Å². The van der Waals surface area contributed by atoms with E-state index in [-0.39, 0.29) is 12.0 Å². The fraction of sp³-hybridized carbons (Fsp3) is 0.909. The van der Waals surface area contributed by atoms with Gasteiger partial charge in [-0.3, -0.25) is 4.79 Å². The van der Waals surface area contributed by atoms with E-state index in [9.17, 15) is 23.1 Å². The van der Waals surface area contributed by atoms with E-state index in [4.69, 9.17) is 0 Å². The lowest BCUT2D eigenvalue weighted by molar-refractivity contribution is -0.296. The van der Waals surface area contributed by atoms with Crippen molar-refractivity contribution in [2.75, 3.05) is 0 Å². The molecule has 0 saturated heterocycles. The first-order valence-electron chi connectivity index (χ1n) is 5.66. The first-order chi connectivity index (χ1) is 7.57. The van der Waals surface area contributed by atoms with Crippen LogP contribution in [0.5, 0.6) is 0 Å². The second-order valence-corrected chi connectivity index (χ2v) is 5.18. The minimum Gasteiger partial charge on any atom is -0.380 e. The molecule has 1 rings (SSSR count). The molecule has 2 N–H and O–H groups in total. The second kappa shape index (κ2) is 4.48. The van der Waals surface area contributed by atoms with Crippen LogP contribution >= 0.6 is 0 Å². The first-order valence-corrected chi connectivity index (χ1v) is 5.66. The molecule has 1 aliphatic carbocycles. The van der Waals surface area contributed by atoms with Gasteiger partial charge in [-0.15, -0.1) is 0 Å². The van der Waals surface area contributed by atoms with Gasteiger partial charge in [0.2, 0.25) is 5.91 Å². The van der Waals surface area contributed by atoms with Crippen LogP contribution in [0.15, 0.2) is 0 Å². The van der Waals surface area contributed by atoms with E-state index in [0.29, 0.717) is 0 Å². The average Bonchev–Trinajstić information content (AvgIpc) is 2.10. The van der Waals surface area contributed by atoms with Gasteiger partial charge in [-0.25, -0.2) is 0 Å². The number of halogens is 3. The van der Waals surface area contributed by atoms with Gasteiger partial charge in [0.1, 0.15) is 0 Å². The molecule has 0 bridgehead atoms. The fourth-order valence-corrected chi connectivity index (χ4v) is 1.68. The van der Waals surface area contributed by atoms with Gasteiger partial charge in [-0.05, 0) is 25.7 Å². The molecule has 0 radical (unpaired) electrons. The van der Waals surface area contributed by atoms with E-state index in [1.807, 2.05) is 13.8 Å². The van der Waals surface area contributed by atoms with Gasteiger partial charge >= 0.3 is 6.18 Å². The summed E-state index contributed by atoms with van der Waals surface area (Å²) < 4.78 is 37.0. The topological polar surface area (TPSA) is 49.3 Å². The molecule has 17 heavy (non-hydrogen) atoms. The van der Waals surface area contributed by atoms with Crippen LogP contribution in [-0.4, -0.2) is 28.8 Å². The summed E-state index contributed by atoms with van der Waals surface area (Å²) >= 11 is 0. The Balaban J connectivity index is 2.46. The summed E-state index contributed by atoms with van der Waals surface area (Å²) in [4.78, 5) is 11.6. The van der Waals surface area contributed by atoms with E-state index in [0.717, 1.165) is 0 Å². The lowest BCUT2D eigenvalue weighted by Gasteiger charge is -2.43. The Hall–Kier alpha value is -0.780. The van der Waals surface area contributed by atoms with E-state index >= 15 is 0 Å². The third-order valence-electron chi connectivity index (χ3n) is 3.44. The summed E-state index contributed by atoms with van der Waals surface area (Å²) in [5.74, 6) is -0.913. The van der Waals surface area contributed by atoms with Crippen molar-refractivity contribution >= 4 is 5.91 Å². The Morgan fingerprint density at radius 1 is 1.35 bits per heavy atom. The van der Waals surface area contributed by atoms with Crippen molar-refractivity contribution in [3.05, 3.63) is 0 Å². The SMILES string of the molecule is CC(C)[C@@H](C)NC(=O)C1CC(O)(C(F)(F)F)C1. The van der Waals surface area contributed by atoms with Crippen molar-refractivity contribution in [3.63, 3.8) is 0 Å². The maximum atomic E-state index is 12.3. The maximum absolute atomic E-state index is 12.3. The van der Waals surface area contributed by atoms with Crippen LogP contribution in [0.3, 0.4) is 0 Å². The summed E-state index contributed by atoms with van der Waals surface area (Å²) in [6.07, 6.45) is -5.71. The molecule has 1 fully saturated rings. The summed E-state index contributed by atoms with van der Waals surface area (Å²) in [6, 6.07) is -0.0814. The molecule has 0 spiro atoms. The number of hydrogen-bond donors (Lipinski definition) is 2. The van der Waals surface area contributed by atoms with E-state index < -0.39 is 36.4 Å². The molecule has 6 heteroatoms. The van der Waals surface area contributed by atoms with Crippen molar-refractivity contribution in [2.45, 2.75) is 51.4 Å². The smallest absolute Gasteiger partial charge is 0.380 e. The molecule has 3 nitrogen and oxygen atoms in total. The molecule has 0 aliphatic heterocycles. The zero-order valence-corrected chi connectivity index (χ0v) is 10.1. The number of hydrogen-bond acceptors (Lipinski definition) is 2. The highest BCUT2D eigenvalue weighted by Gasteiger charge is 2.62. The quantitative estimate of drug-likeness (QED) is 0.806. The van der Waals surface area contributed by atoms with Crippen LogP contribution in [0, 0.1) is 11.8 Å². The largest absolute Gasteiger partial charge is 0.417 e. The number of carbonyl (C=O) groups is 1. The molecule has 1 amide bonds. The normalized spacial score (nSPS) is 30.9. The Morgan fingerprint density at radius 3 is 2.18 bits per heavy atom. The highest BCUT2D eigenvalue weighted by molar-refractivity contribution is 5.80. The molecule has 0 aromatic carbocycles. The highest BCUT2D eigenvalue weighted by Crippen LogP contribution is 2.48. The number of amides is 1. The maximum Gasteiger partial charge on any atom is 0.417 e. The first kappa shape index (κ1) is 14.3. The third kappa shape index (κ3) is 2.91. The molecule has 100 valence electrons. The number of aliphatic hydroxyl groups is 1. The van der Waals surface area contributed by atoms with Gasteiger partial charge in [0, 0.05) is 12.0 Å². The zero-order chi connectivity index (χ0) is 13.4. The molecule has 1 atom stereocenters. The Morgan fingerprint density at radius 2 is 1.82 bits per heavy atom. The molecule has 1 saturated carbocycles. The van der Waals surface area contributed by atoms with Gasteiger partial charge in [-0.1, -0.05) is 13.8 Å². The monoisotopic (exact) mass is 253 g/mol. The van der Waals surface area contributed by atoms with Crippen molar-refractivity contribution < 1.29 is 23.1 Å². The predicted molar refractivity (Wildman–Crippen MR) is 56.2 cm³/mol. The molecule has 0 aromatic heterocycles. The molecule has 0 aromatic rings. The van der Waals surface area contributed by atoms with Gasteiger partial charge in [0.15, 0.2) is 5.60 Å². The Labute approximate surface area is 98.4 Å². The minimum absolute atomic E-state index is 0.0814. The molecular weight excluding hydrogens is 235 g/mol. The zero-order valence-electron chi connectivity index (χ0n) is 10.1. The van der Waals surface area contributed by atoms with Crippen LogP contribution in [0.4, 0.5) is 13.2 Å². The van der Waals surface area contributed by atoms with Crippen molar-refractivity contribution in [3.8, 4) is 0 Å². The number of alkyl halides is 3. The number of nitrogens with one attached hydrogen (secondary N) is 1. The lowest BCUT2D eigenvalue weighted by atomic mass is 9.70. The van der Waals surface area contributed by atoms with Crippen molar-refractivity contribution in [1.82, 2.24) is 5.32 Å². The number of carbonyl (C=O) groups excluding carboxylic acids is 1. The average molecular weight is 253 g/mol. The van der Waals surface area contributed by atoms with Gasteiger partial charge in [0.25, 0.3) is 0 Å². The summed E-state index contributed by atoms with van der Waals surface area (Å²) in [6.45, 7) is 5.63. The van der Waals surface area contributed by atoms with Crippen LogP contribution in [0.25, 0.3) is 0 Å². The third-order valence-corrected chi connectivity index (χ3v) is 3.44. The van der Waals surface area contributed by atoms with Crippen molar-refractivity contribution in [1.29, 1.82) is 0 Å². The van der Waals surface area contributed by atoms with Crippen LogP contribution in [0.1, 0.15) is 33.6 Å². The molecule has 0 heterocycles. The van der Waals surface area contributed by atoms with Crippen LogP contribution in [0.2, 0.25) is 0 Å². The number of rotatable bonds is 3. The van der Waals surface area contributed by atoms with Crippen LogP contribution < -0.4 is 5.32 Å². The molecule has 0 unspecified atom stereocenters. The van der Waals surface area contributed by atoms with Gasteiger partial charge in [0.05, 0.1) is 0 Å². The standard InChI is InChI=1S/C11H18F3NO2/c1-6(2)7(3)15-9(16)8-4-10(17,5-8)11(12,13)14/h6-8,17H,4-5H2,1-3H3,(H,15,16)/t7-,8?,10?/m1/s1. The van der Waals surface area contributed by atoms with E-state index in [1.165, 1.54) is 0 Å². The molecular formula is C11H18F3NO2. The summed E-state index contributed by atoms with van der Waals surface area (Å²) in [5, 5.41) is 11.9. The summed E-state index contributed by atoms with van der Waals surface area (Å²) in [7, 11) is 0. The second-order valence-electron chi connectivity index (χ2n) is 5.18. The van der Waals surface area contributed by atoms with E-state index in [1.54, 1.807) is 6.92 Å². The van der Waals surface area contributed by atoms with Gasteiger partial charge in [-0.2, -0.15) is 13.2 Å². The molecule has 1 aliphatic rings. The Kier molecular flexibility index (Phi) is 3.76. The van der Waals surface area contributed by atoms with E-state index in [2.05, 4.69) is 5.32 Å². The predicted octanol–water partition coefficient (Wildman–Crippen LogP) is 1.85. The fourth-order valence-electron chi connectivity index (χ4n) is 1.68. The lowest BCUT2D eigenvalue weighted by Crippen LogP contribution is -2.59. The highest BCUT2D eigenvalue weighted by atomic mass is 19.4. The van der Waals surface area contributed by atoms with Crippen molar-refractivity contribution in [2.24, 2.45) is 11.8 Å². The Bertz CT molecular complexity index is 296. The summed E-state index contributed by atoms with van der Waals surface area (Å²) in [5.41, 5.74) is -2.67.